The van der Waals surface area contributed by atoms with Gasteiger partial charge in [-0.3, -0.25) is 19.6 Å². The van der Waals surface area contributed by atoms with Crippen LogP contribution in [0.4, 0.5) is 0 Å². The number of carbonyl (C=O) groups excluding carboxylic acids is 2. The Balaban J connectivity index is 2.92. The fourth-order valence-electron chi connectivity index (χ4n) is 2.00. The molecular weight excluding hydrogens is 244 g/mol. The highest BCUT2D eigenvalue weighted by molar-refractivity contribution is 6.27. The molecule has 0 aromatic carbocycles. The molecular formula is C13H20N4O2. The molecule has 1 aromatic rings. The van der Waals surface area contributed by atoms with Gasteiger partial charge >= 0.3 is 0 Å². The first-order chi connectivity index (χ1) is 8.81. The molecule has 19 heavy (non-hydrogen) atoms. The van der Waals surface area contributed by atoms with Crippen LogP contribution in [0.1, 0.15) is 25.8 Å². The van der Waals surface area contributed by atoms with Crippen LogP contribution in [0.15, 0.2) is 18.5 Å². The van der Waals surface area contributed by atoms with E-state index in [2.05, 4.69) is 5.32 Å². The van der Waals surface area contributed by atoms with Crippen LogP contribution in [0.3, 0.4) is 0 Å². The number of carbonyl (C=O) groups is 2. The maximum absolute atomic E-state index is 11.5. The Morgan fingerprint density at radius 1 is 1.63 bits per heavy atom. The van der Waals surface area contributed by atoms with E-state index in [9.17, 15) is 9.59 Å². The van der Waals surface area contributed by atoms with Crippen molar-refractivity contribution in [3.63, 3.8) is 0 Å². The van der Waals surface area contributed by atoms with E-state index in [-0.39, 0.29) is 11.4 Å². The topological polar surface area (TPSA) is 101 Å². The monoisotopic (exact) mass is 264 g/mol. The van der Waals surface area contributed by atoms with E-state index in [1.165, 1.54) is 4.57 Å². The minimum atomic E-state index is -0.506. The fraction of sp³-hybridized carbons (Fsp3) is 0.462. The van der Waals surface area contributed by atoms with Crippen LogP contribution in [0, 0.1) is 5.41 Å². The molecule has 1 heterocycles. The second-order valence-corrected chi connectivity index (χ2v) is 5.14. The van der Waals surface area contributed by atoms with E-state index in [1.54, 1.807) is 19.4 Å². The Bertz CT molecular complexity index is 491. The third kappa shape index (κ3) is 3.51. The second-order valence-electron chi connectivity index (χ2n) is 5.14. The third-order valence-corrected chi connectivity index (χ3v) is 3.28. The highest BCUT2D eigenvalue weighted by Gasteiger charge is 2.29. The summed E-state index contributed by atoms with van der Waals surface area (Å²) in [5, 5.41) is 10.2. The van der Waals surface area contributed by atoms with E-state index in [0.717, 1.165) is 5.56 Å². The second kappa shape index (κ2) is 5.79. The van der Waals surface area contributed by atoms with Gasteiger partial charge in [-0.2, -0.15) is 0 Å². The van der Waals surface area contributed by atoms with Crippen molar-refractivity contribution in [2.24, 2.45) is 5.73 Å². The number of hydrogen-bond acceptors (Lipinski definition) is 4. The van der Waals surface area contributed by atoms with Crippen LogP contribution in [0.5, 0.6) is 0 Å². The Hall–Kier alpha value is -1.95. The Kier molecular flexibility index (Phi) is 4.61. The third-order valence-electron chi connectivity index (χ3n) is 3.28. The molecule has 0 saturated heterocycles. The van der Waals surface area contributed by atoms with E-state index < -0.39 is 11.8 Å². The summed E-state index contributed by atoms with van der Waals surface area (Å²) in [7, 11) is 1.66. The molecule has 0 fully saturated rings. The van der Waals surface area contributed by atoms with Gasteiger partial charge in [0.2, 0.25) is 5.78 Å². The zero-order chi connectivity index (χ0) is 14.6. The van der Waals surface area contributed by atoms with Crippen LogP contribution in [0.2, 0.25) is 0 Å². The lowest BCUT2D eigenvalue weighted by Gasteiger charge is -2.27. The molecule has 6 heteroatoms. The van der Waals surface area contributed by atoms with Crippen LogP contribution in [-0.4, -0.2) is 35.7 Å². The number of nitrogen functional groups attached to an aromatic ring is 1. The predicted molar refractivity (Wildman–Crippen MR) is 73.3 cm³/mol. The number of rotatable bonds is 6. The number of nitrogens with one attached hydrogen (secondary N) is 2. The summed E-state index contributed by atoms with van der Waals surface area (Å²) in [6, 6.07) is 1.35. The number of Topliss-reactive ketones (excluding diaryl/α,β-unsaturated/α-hetero) is 1. The van der Waals surface area contributed by atoms with Crippen LogP contribution < -0.4 is 11.1 Å². The number of aldehydes is 1. The minimum Gasteiger partial charge on any atom is -0.369 e. The lowest BCUT2D eigenvalue weighted by molar-refractivity contribution is -0.131. The molecule has 0 aliphatic rings. The van der Waals surface area contributed by atoms with Gasteiger partial charge in [-0.1, -0.05) is 13.8 Å². The summed E-state index contributed by atoms with van der Waals surface area (Å²) in [5.74, 6) is -0.516. The molecule has 1 aromatic heterocycles. The predicted octanol–water partition coefficient (Wildman–Crippen LogP) is 0.253. The van der Waals surface area contributed by atoms with Crippen molar-refractivity contribution in [1.29, 1.82) is 5.41 Å². The van der Waals surface area contributed by atoms with Gasteiger partial charge in [-0.15, -0.1) is 0 Å². The molecule has 104 valence electrons. The average molecular weight is 264 g/mol. The number of hydrogen-bond donors (Lipinski definition) is 3. The number of likely N-dealkylation sites (N-methyl/N-ethyl adjacent to an activating group) is 1. The van der Waals surface area contributed by atoms with Gasteiger partial charge in [-0.25, -0.2) is 0 Å². The largest absolute Gasteiger partial charge is 0.369 e. The van der Waals surface area contributed by atoms with Gasteiger partial charge < -0.3 is 11.1 Å². The first kappa shape index (κ1) is 15.1. The molecule has 0 aliphatic heterocycles. The lowest BCUT2D eigenvalue weighted by atomic mass is 9.79. The van der Waals surface area contributed by atoms with Gasteiger partial charge in [0.05, 0.1) is 6.04 Å². The zero-order valence-corrected chi connectivity index (χ0v) is 11.4. The number of nitrogens with zero attached hydrogens (tertiary/aromatic N) is 1. The summed E-state index contributed by atoms with van der Waals surface area (Å²) in [5.41, 5.74) is 6.05. The van der Waals surface area contributed by atoms with Crippen molar-refractivity contribution in [3.05, 3.63) is 24.0 Å². The molecule has 0 saturated carbocycles. The first-order valence-corrected chi connectivity index (χ1v) is 6.01. The Labute approximate surface area is 112 Å². The molecule has 1 atom stereocenters. The number of aromatic nitrogens is 1. The van der Waals surface area contributed by atoms with E-state index in [0.29, 0.717) is 12.7 Å². The average Bonchev–Trinajstić information content (AvgIpc) is 2.85. The Morgan fingerprint density at radius 3 is 2.68 bits per heavy atom. The molecule has 0 aliphatic carbocycles. The van der Waals surface area contributed by atoms with Gasteiger partial charge in [0.15, 0.2) is 12.2 Å². The summed E-state index contributed by atoms with van der Waals surface area (Å²) in [6.45, 7) is 3.96. The molecule has 0 spiro atoms. The SMILES string of the molecule is CN[C@@H](CC(C)(C)c1ccn(C(=N)N)c1)C(=O)C=O. The number of nitrogens with two attached hydrogens (primary N) is 1. The van der Waals surface area contributed by atoms with Gasteiger partial charge in [0.1, 0.15) is 0 Å². The standard InChI is InChI=1S/C13H20N4O2/c1-13(2,6-10(16-3)11(19)8-18)9-4-5-17(7-9)12(14)15/h4-5,7-8,10,16H,6H2,1-3H3,(H3,14,15)/t10-/m0/s1. The van der Waals surface area contributed by atoms with Crippen molar-refractivity contribution in [2.45, 2.75) is 31.7 Å². The van der Waals surface area contributed by atoms with Gasteiger partial charge in [0, 0.05) is 12.4 Å². The maximum atomic E-state index is 11.5. The first-order valence-electron chi connectivity index (χ1n) is 6.01. The van der Waals surface area contributed by atoms with E-state index in [1.807, 2.05) is 19.9 Å². The van der Waals surface area contributed by atoms with Crippen LogP contribution in [-0.2, 0) is 15.0 Å². The van der Waals surface area contributed by atoms with E-state index in [4.69, 9.17) is 11.1 Å². The smallest absolute Gasteiger partial charge is 0.212 e. The zero-order valence-electron chi connectivity index (χ0n) is 11.4. The molecule has 6 nitrogen and oxygen atoms in total. The summed E-state index contributed by atoms with van der Waals surface area (Å²) < 4.78 is 1.51. The summed E-state index contributed by atoms with van der Waals surface area (Å²) >= 11 is 0. The maximum Gasteiger partial charge on any atom is 0.212 e. The summed E-state index contributed by atoms with van der Waals surface area (Å²) in [6.07, 6.45) is 4.30. The number of ketones is 1. The molecule has 0 amide bonds. The Morgan fingerprint density at radius 2 is 2.26 bits per heavy atom. The van der Waals surface area contributed by atoms with Gasteiger partial charge in [-0.05, 0) is 30.5 Å². The van der Waals surface area contributed by atoms with Gasteiger partial charge in [0.25, 0.3) is 0 Å². The molecule has 0 bridgehead atoms. The summed E-state index contributed by atoms with van der Waals surface area (Å²) in [4.78, 5) is 22.1. The van der Waals surface area contributed by atoms with Crippen LogP contribution in [0.25, 0.3) is 0 Å². The van der Waals surface area contributed by atoms with Crippen molar-refractivity contribution in [2.75, 3.05) is 7.05 Å². The minimum absolute atomic E-state index is 0.0591. The highest BCUT2D eigenvalue weighted by atomic mass is 16.2. The normalized spacial score (nSPS) is 13.0. The van der Waals surface area contributed by atoms with E-state index >= 15 is 0 Å². The van der Waals surface area contributed by atoms with Crippen molar-refractivity contribution >= 4 is 18.0 Å². The highest BCUT2D eigenvalue weighted by Crippen LogP contribution is 2.28. The molecule has 0 radical (unpaired) electrons. The molecule has 0 unspecified atom stereocenters. The van der Waals surface area contributed by atoms with Crippen LogP contribution >= 0.6 is 0 Å². The quantitative estimate of drug-likeness (QED) is 0.297. The van der Waals surface area contributed by atoms with Crippen molar-refractivity contribution in [1.82, 2.24) is 9.88 Å². The molecule has 1 rings (SSSR count). The van der Waals surface area contributed by atoms with Crippen molar-refractivity contribution in [3.8, 4) is 0 Å². The van der Waals surface area contributed by atoms with Crippen molar-refractivity contribution < 1.29 is 9.59 Å². The fourth-order valence-corrected chi connectivity index (χ4v) is 2.00. The molecule has 4 N–H and O–H groups in total. The lowest BCUT2D eigenvalue weighted by Crippen LogP contribution is -2.40.